The molecule has 2 rings (SSSR count). The van der Waals surface area contributed by atoms with Gasteiger partial charge in [-0.1, -0.05) is 23.9 Å². The lowest BCUT2D eigenvalue weighted by atomic mass is 10.0. The first-order chi connectivity index (χ1) is 10.0. The highest BCUT2D eigenvalue weighted by molar-refractivity contribution is 7.98. The topological polar surface area (TPSA) is 72.0 Å². The van der Waals surface area contributed by atoms with E-state index in [1.165, 1.54) is 18.9 Å². The molecule has 0 amide bonds. The summed E-state index contributed by atoms with van der Waals surface area (Å²) in [6.07, 6.45) is 2.34. The molecule has 110 valence electrons. The van der Waals surface area contributed by atoms with Crippen molar-refractivity contribution in [1.29, 1.82) is 0 Å². The lowest BCUT2D eigenvalue weighted by Crippen LogP contribution is -2.17. The van der Waals surface area contributed by atoms with Crippen LogP contribution in [0, 0.1) is 6.92 Å². The summed E-state index contributed by atoms with van der Waals surface area (Å²) in [5.74, 6) is -0.374. The van der Waals surface area contributed by atoms with Crippen LogP contribution < -0.4 is 5.56 Å². The quantitative estimate of drug-likeness (QED) is 0.532. The molecular formula is C15H16N2O3S. The van der Waals surface area contributed by atoms with Gasteiger partial charge >= 0.3 is 5.97 Å². The molecule has 21 heavy (non-hydrogen) atoms. The van der Waals surface area contributed by atoms with E-state index < -0.39 is 0 Å². The number of carbonyl (C=O) groups excluding carboxylic acids is 1. The molecule has 0 bridgehead atoms. The Morgan fingerprint density at radius 3 is 2.52 bits per heavy atom. The van der Waals surface area contributed by atoms with Gasteiger partial charge in [0, 0.05) is 17.7 Å². The molecule has 0 saturated heterocycles. The Kier molecular flexibility index (Phi) is 4.80. The number of esters is 1. The second kappa shape index (κ2) is 6.58. The lowest BCUT2D eigenvalue weighted by Gasteiger charge is -2.07. The van der Waals surface area contributed by atoms with Crippen molar-refractivity contribution in [2.45, 2.75) is 18.5 Å². The third kappa shape index (κ3) is 3.52. The molecule has 0 spiro atoms. The number of nitrogens with zero attached hydrogens (tertiary/aromatic N) is 1. The van der Waals surface area contributed by atoms with E-state index in [0.717, 1.165) is 11.3 Å². The van der Waals surface area contributed by atoms with Crippen LogP contribution in [0.5, 0.6) is 0 Å². The summed E-state index contributed by atoms with van der Waals surface area (Å²) in [6.45, 7) is 1.83. The first-order valence-corrected chi connectivity index (χ1v) is 7.58. The van der Waals surface area contributed by atoms with E-state index in [4.69, 9.17) is 0 Å². The Balaban J connectivity index is 2.26. The van der Waals surface area contributed by atoms with Crippen LogP contribution in [0.2, 0.25) is 0 Å². The van der Waals surface area contributed by atoms with Crippen molar-refractivity contribution in [1.82, 2.24) is 9.97 Å². The Morgan fingerprint density at radius 2 is 2.00 bits per heavy atom. The Bertz CT molecular complexity index is 708. The summed E-state index contributed by atoms with van der Waals surface area (Å²) >= 11 is 1.40. The van der Waals surface area contributed by atoms with Crippen molar-refractivity contribution in [3.8, 4) is 0 Å². The number of ether oxygens (including phenoxy) is 1. The van der Waals surface area contributed by atoms with Crippen molar-refractivity contribution in [2.75, 3.05) is 13.4 Å². The summed E-state index contributed by atoms with van der Waals surface area (Å²) in [5, 5.41) is 0.613. The second-order valence-electron chi connectivity index (χ2n) is 4.50. The fourth-order valence-corrected chi connectivity index (χ4v) is 2.39. The molecule has 0 aliphatic carbocycles. The van der Waals surface area contributed by atoms with Gasteiger partial charge in [-0.3, -0.25) is 4.79 Å². The predicted molar refractivity (Wildman–Crippen MR) is 82.0 cm³/mol. The fraction of sp³-hybridized carbons (Fsp3) is 0.267. The average molecular weight is 304 g/mol. The summed E-state index contributed by atoms with van der Waals surface area (Å²) in [4.78, 5) is 30.5. The van der Waals surface area contributed by atoms with Gasteiger partial charge in [0.05, 0.1) is 12.7 Å². The van der Waals surface area contributed by atoms with Gasteiger partial charge in [-0.15, -0.1) is 0 Å². The van der Waals surface area contributed by atoms with Gasteiger partial charge in [-0.05, 0) is 30.9 Å². The zero-order chi connectivity index (χ0) is 15.4. The molecule has 0 saturated carbocycles. The first-order valence-electron chi connectivity index (χ1n) is 6.36. The first kappa shape index (κ1) is 15.3. The van der Waals surface area contributed by atoms with Crippen LogP contribution in [-0.2, 0) is 11.2 Å². The zero-order valence-corrected chi connectivity index (χ0v) is 12.9. The van der Waals surface area contributed by atoms with Crippen molar-refractivity contribution < 1.29 is 9.53 Å². The number of carbonyl (C=O) groups is 1. The molecule has 0 fully saturated rings. The van der Waals surface area contributed by atoms with Gasteiger partial charge in [-0.25, -0.2) is 9.78 Å². The van der Waals surface area contributed by atoms with Crippen molar-refractivity contribution >= 4 is 17.7 Å². The number of hydrogen-bond donors (Lipinski definition) is 1. The highest BCUT2D eigenvalue weighted by atomic mass is 32.2. The van der Waals surface area contributed by atoms with Crippen LogP contribution in [0.25, 0.3) is 0 Å². The van der Waals surface area contributed by atoms with Crippen molar-refractivity contribution in [3.63, 3.8) is 0 Å². The molecule has 0 aliphatic rings. The number of hydrogen-bond acceptors (Lipinski definition) is 5. The summed E-state index contributed by atoms with van der Waals surface area (Å²) in [6, 6.07) is 7.00. The number of H-pyrrole nitrogens is 1. The average Bonchev–Trinajstić information content (AvgIpc) is 2.50. The lowest BCUT2D eigenvalue weighted by molar-refractivity contribution is 0.0600. The number of aromatic nitrogens is 2. The van der Waals surface area contributed by atoms with E-state index in [-0.39, 0.29) is 11.5 Å². The molecule has 0 unspecified atom stereocenters. The summed E-state index contributed by atoms with van der Waals surface area (Å²) in [7, 11) is 1.35. The van der Waals surface area contributed by atoms with Gasteiger partial charge in [-0.2, -0.15) is 0 Å². The van der Waals surface area contributed by atoms with Crippen molar-refractivity contribution in [3.05, 3.63) is 57.0 Å². The third-order valence-corrected chi connectivity index (χ3v) is 3.73. The van der Waals surface area contributed by atoms with Crippen molar-refractivity contribution in [2.24, 2.45) is 0 Å². The van der Waals surface area contributed by atoms with Crippen LogP contribution in [0.4, 0.5) is 0 Å². The van der Waals surface area contributed by atoms with Gasteiger partial charge in [0.25, 0.3) is 5.56 Å². The highest BCUT2D eigenvalue weighted by Crippen LogP contribution is 2.13. The zero-order valence-electron chi connectivity index (χ0n) is 12.1. The normalized spacial score (nSPS) is 10.4. The van der Waals surface area contributed by atoms with Gasteiger partial charge in [0.1, 0.15) is 0 Å². The molecule has 0 atom stereocenters. The fourth-order valence-electron chi connectivity index (χ4n) is 1.97. The minimum atomic E-state index is -0.374. The van der Waals surface area contributed by atoms with Crippen LogP contribution >= 0.6 is 11.8 Å². The van der Waals surface area contributed by atoms with Crippen LogP contribution in [0.1, 0.15) is 27.2 Å². The molecule has 2 aromatic rings. The third-order valence-electron chi connectivity index (χ3n) is 3.15. The number of nitrogens with one attached hydrogen (secondary N) is 1. The number of aromatic amines is 1. The smallest absolute Gasteiger partial charge is 0.337 e. The maximum absolute atomic E-state index is 12.1. The highest BCUT2D eigenvalue weighted by Gasteiger charge is 2.10. The largest absolute Gasteiger partial charge is 0.465 e. The van der Waals surface area contributed by atoms with E-state index in [1.807, 2.05) is 25.3 Å². The number of rotatable bonds is 4. The number of thioether (sulfide) groups is 1. The Morgan fingerprint density at radius 1 is 1.33 bits per heavy atom. The molecule has 6 heteroatoms. The Labute approximate surface area is 126 Å². The number of aryl methyl sites for hydroxylation is 1. The minimum Gasteiger partial charge on any atom is -0.465 e. The Hall–Kier alpha value is -2.08. The molecule has 5 nitrogen and oxygen atoms in total. The van der Waals surface area contributed by atoms with Gasteiger partial charge < -0.3 is 9.72 Å². The minimum absolute atomic E-state index is 0.121. The molecule has 1 aromatic carbocycles. The van der Waals surface area contributed by atoms with Crippen LogP contribution in [-0.4, -0.2) is 29.3 Å². The predicted octanol–water partition coefficient (Wildman–Crippen LogP) is 2.18. The van der Waals surface area contributed by atoms with E-state index in [1.54, 1.807) is 12.1 Å². The molecule has 1 aromatic heterocycles. The summed E-state index contributed by atoms with van der Waals surface area (Å²) in [5.41, 5.74) is 2.67. The second-order valence-corrected chi connectivity index (χ2v) is 5.30. The maximum atomic E-state index is 12.1. The van der Waals surface area contributed by atoms with Crippen LogP contribution in [0.3, 0.4) is 0 Å². The molecule has 0 aliphatic heterocycles. The van der Waals surface area contributed by atoms with E-state index in [0.29, 0.717) is 22.7 Å². The van der Waals surface area contributed by atoms with E-state index in [9.17, 15) is 9.59 Å². The molecule has 1 N–H and O–H groups in total. The summed E-state index contributed by atoms with van der Waals surface area (Å²) < 4.78 is 4.65. The standard InChI is InChI=1S/C15H16N2O3S/c1-9-12(13(18)17-15(16-9)21-3)8-10-4-6-11(7-5-10)14(19)20-2/h4-7H,8H2,1-3H3,(H,16,17,18). The van der Waals surface area contributed by atoms with Gasteiger partial charge in [0.2, 0.25) is 0 Å². The maximum Gasteiger partial charge on any atom is 0.337 e. The van der Waals surface area contributed by atoms with E-state index >= 15 is 0 Å². The molecule has 0 radical (unpaired) electrons. The number of methoxy groups -OCH3 is 1. The molecule has 1 heterocycles. The SMILES string of the molecule is COC(=O)c1ccc(Cc2c(C)nc(SC)[nH]c2=O)cc1. The van der Waals surface area contributed by atoms with E-state index in [2.05, 4.69) is 14.7 Å². The van der Waals surface area contributed by atoms with Crippen LogP contribution in [0.15, 0.2) is 34.2 Å². The number of benzene rings is 1. The monoisotopic (exact) mass is 304 g/mol. The molecular weight excluding hydrogens is 288 g/mol. The van der Waals surface area contributed by atoms with Gasteiger partial charge in [0.15, 0.2) is 5.16 Å².